The molecular weight excluding hydrogens is 311 g/mol. The molecule has 78 valence electrons. The van der Waals surface area contributed by atoms with Crippen molar-refractivity contribution in [3.63, 3.8) is 0 Å². The van der Waals surface area contributed by atoms with Crippen LogP contribution < -0.4 is 4.74 Å². The minimum absolute atomic E-state index is 0.0264. The lowest BCUT2D eigenvalue weighted by Crippen LogP contribution is -1.99. The third kappa shape index (κ3) is 2.56. The zero-order chi connectivity index (χ0) is 11.4. The number of hydrogen-bond acceptors (Lipinski definition) is 4. The van der Waals surface area contributed by atoms with Crippen LogP contribution in [0.2, 0.25) is 0 Å². The Kier molecular flexibility index (Phi) is 3.85. The van der Waals surface area contributed by atoms with Gasteiger partial charge in [0.25, 0.3) is 5.69 Å². The maximum absolute atomic E-state index is 10.8. The number of nitro benzene ring substituents is 1. The Morgan fingerprint density at radius 2 is 2.33 bits per heavy atom. The first-order valence-electron chi connectivity index (χ1n) is 3.98. The fraction of sp³-hybridized carbons (Fsp3) is 0.222. The van der Waals surface area contributed by atoms with Crippen molar-refractivity contribution in [2.24, 2.45) is 0 Å². The first kappa shape index (κ1) is 11.7. The molecule has 0 bridgehead atoms. The average Bonchev–Trinajstić information content (AvgIpc) is 2.20. The highest BCUT2D eigenvalue weighted by molar-refractivity contribution is 14.1. The molecule has 0 unspecified atom stereocenters. The number of hydrogen-bond donors (Lipinski definition) is 0. The molecule has 5 nitrogen and oxygen atoms in total. The Morgan fingerprint density at radius 3 is 2.80 bits per heavy atom. The van der Waals surface area contributed by atoms with Crippen LogP contribution in [0.3, 0.4) is 0 Å². The standard InChI is InChI=1S/C9H7IN2O3/c1-15-6-4-8(10)7(2-3-11)9(5-6)12(13)14/h4-5H,2H2,1H3. The molecule has 0 aliphatic rings. The predicted octanol–water partition coefficient (Wildman–Crippen LogP) is 2.27. The van der Waals surface area contributed by atoms with Gasteiger partial charge in [0.05, 0.1) is 36.2 Å². The monoisotopic (exact) mass is 318 g/mol. The maximum Gasteiger partial charge on any atom is 0.278 e. The summed E-state index contributed by atoms with van der Waals surface area (Å²) < 4.78 is 5.59. The number of nitriles is 1. The second kappa shape index (κ2) is 4.93. The van der Waals surface area contributed by atoms with Crippen molar-refractivity contribution in [3.8, 4) is 11.8 Å². The number of rotatable bonds is 3. The molecular formula is C9H7IN2O3. The number of methoxy groups -OCH3 is 1. The number of nitro groups is 1. The van der Waals surface area contributed by atoms with E-state index in [0.29, 0.717) is 14.9 Å². The fourth-order valence-electron chi connectivity index (χ4n) is 1.13. The second-order valence-corrected chi connectivity index (χ2v) is 3.86. The van der Waals surface area contributed by atoms with E-state index in [1.807, 2.05) is 28.7 Å². The minimum Gasteiger partial charge on any atom is -0.496 e. The molecule has 0 spiro atoms. The van der Waals surface area contributed by atoms with Gasteiger partial charge in [-0.3, -0.25) is 10.1 Å². The Bertz CT molecular complexity index is 440. The van der Waals surface area contributed by atoms with Gasteiger partial charge in [-0.1, -0.05) is 0 Å². The van der Waals surface area contributed by atoms with Crippen LogP contribution in [0.15, 0.2) is 12.1 Å². The molecule has 0 radical (unpaired) electrons. The van der Waals surface area contributed by atoms with Gasteiger partial charge in [-0.25, -0.2) is 0 Å². The normalized spacial score (nSPS) is 9.40. The van der Waals surface area contributed by atoms with E-state index in [1.165, 1.54) is 13.2 Å². The fourth-order valence-corrected chi connectivity index (χ4v) is 1.91. The van der Waals surface area contributed by atoms with Crippen LogP contribution >= 0.6 is 22.6 Å². The van der Waals surface area contributed by atoms with E-state index in [-0.39, 0.29) is 12.1 Å². The second-order valence-electron chi connectivity index (χ2n) is 2.70. The van der Waals surface area contributed by atoms with E-state index in [2.05, 4.69) is 0 Å². The lowest BCUT2D eigenvalue weighted by molar-refractivity contribution is -0.385. The van der Waals surface area contributed by atoms with Gasteiger partial charge in [0.1, 0.15) is 5.75 Å². The number of benzene rings is 1. The molecule has 0 saturated heterocycles. The summed E-state index contributed by atoms with van der Waals surface area (Å²) in [4.78, 5) is 10.3. The van der Waals surface area contributed by atoms with E-state index < -0.39 is 4.92 Å². The Hall–Kier alpha value is -1.36. The van der Waals surface area contributed by atoms with Crippen molar-refractivity contribution in [2.75, 3.05) is 7.11 Å². The quantitative estimate of drug-likeness (QED) is 0.487. The molecule has 0 amide bonds. The van der Waals surface area contributed by atoms with Gasteiger partial charge in [0, 0.05) is 3.57 Å². The molecule has 0 aromatic heterocycles. The highest BCUT2D eigenvalue weighted by atomic mass is 127. The van der Waals surface area contributed by atoms with Crippen molar-refractivity contribution in [1.29, 1.82) is 5.26 Å². The topological polar surface area (TPSA) is 76.2 Å². The Labute approximate surface area is 99.9 Å². The molecule has 1 rings (SSSR count). The predicted molar refractivity (Wildman–Crippen MR) is 61.7 cm³/mol. The van der Waals surface area contributed by atoms with Gasteiger partial charge in [-0.2, -0.15) is 5.26 Å². The highest BCUT2D eigenvalue weighted by Gasteiger charge is 2.18. The summed E-state index contributed by atoms with van der Waals surface area (Å²) in [5.41, 5.74) is 0.365. The van der Waals surface area contributed by atoms with E-state index in [0.717, 1.165) is 0 Å². The first-order valence-corrected chi connectivity index (χ1v) is 5.05. The zero-order valence-electron chi connectivity index (χ0n) is 7.86. The summed E-state index contributed by atoms with van der Waals surface area (Å²) >= 11 is 1.96. The third-order valence-corrected chi connectivity index (χ3v) is 2.80. The molecule has 0 aliphatic carbocycles. The molecule has 0 saturated carbocycles. The van der Waals surface area contributed by atoms with Crippen LogP contribution in [0, 0.1) is 25.0 Å². The van der Waals surface area contributed by atoms with Crippen molar-refractivity contribution in [1.82, 2.24) is 0 Å². The summed E-state index contributed by atoms with van der Waals surface area (Å²) in [6, 6.07) is 4.90. The summed E-state index contributed by atoms with van der Waals surface area (Å²) in [6.45, 7) is 0. The Morgan fingerprint density at radius 1 is 1.67 bits per heavy atom. The van der Waals surface area contributed by atoms with E-state index in [4.69, 9.17) is 10.00 Å². The van der Waals surface area contributed by atoms with Gasteiger partial charge in [0.2, 0.25) is 0 Å². The van der Waals surface area contributed by atoms with Crippen LogP contribution in [0.5, 0.6) is 5.75 Å². The minimum atomic E-state index is -0.503. The van der Waals surface area contributed by atoms with E-state index >= 15 is 0 Å². The summed E-state index contributed by atoms with van der Waals surface area (Å²) in [6.07, 6.45) is 0.0264. The molecule has 0 aliphatic heterocycles. The van der Waals surface area contributed by atoms with E-state index in [9.17, 15) is 10.1 Å². The maximum atomic E-state index is 10.8. The van der Waals surface area contributed by atoms with Gasteiger partial charge < -0.3 is 4.74 Å². The third-order valence-electron chi connectivity index (χ3n) is 1.83. The zero-order valence-corrected chi connectivity index (χ0v) is 10.0. The molecule has 0 atom stereocenters. The smallest absolute Gasteiger partial charge is 0.278 e. The van der Waals surface area contributed by atoms with Crippen LogP contribution in [0.4, 0.5) is 5.69 Å². The van der Waals surface area contributed by atoms with Crippen molar-refractivity contribution < 1.29 is 9.66 Å². The van der Waals surface area contributed by atoms with Crippen LogP contribution in [-0.4, -0.2) is 12.0 Å². The van der Waals surface area contributed by atoms with Gasteiger partial charge in [0.15, 0.2) is 0 Å². The van der Waals surface area contributed by atoms with Gasteiger partial charge >= 0.3 is 0 Å². The molecule has 0 fully saturated rings. The van der Waals surface area contributed by atoms with Crippen LogP contribution in [-0.2, 0) is 6.42 Å². The van der Waals surface area contributed by atoms with Crippen molar-refractivity contribution >= 4 is 28.3 Å². The molecule has 1 aromatic rings. The average molecular weight is 318 g/mol. The molecule has 15 heavy (non-hydrogen) atoms. The van der Waals surface area contributed by atoms with Crippen molar-refractivity contribution in [2.45, 2.75) is 6.42 Å². The van der Waals surface area contributed by atoms with Crippen molar-refractivity contribution in [3.05, 3.63) is 31.4 Å². The molecule has 1 aromatic carbocycles. The highest BCUT2D eigenvalue weighted by Crippen LogP contribution is 2.29. The number of ether oxygens (including phenoxy) is 1. The SMILES string of the molecule is COc1cc(I)c(CC#N)c([N+](=O)[O-])c1. The lowest BCUT2D eigenvalue weighted by atomic mass is 10.1. The number of halogens is 1. The largest absolute Gasteiger partial charge is 0.496 e. The summed E-state index contributed by atoms with van der Waals surface area (Å²) in [7, 11) is 1.44. The van der Waals surface area contributed by atoms with E-state index in [1.54, 1.807) is 6.07 Å². The lowest BCUT2D eigenvalue weighted by Gasteiger charge is -2.05. The summed E-state index contributed by atoms with van der Waals surface area (Å²) in [5, 5.41) is 19.3. The van der Waals surface area contributed by atoms with Gasteiger partial charge in [-0.05, 0) is 28.7 Å². The van der Waals surface area contributed by atoms with Crippen LogP contribution in [0.1, 0.15) is 5.56 Å². The molecule has 6 heteroatoms. The van der Waals surface area contributed by atoms with Crippen LogP contribution in [0.25, 0.3) is 0 Å². The molecule has 0 heterocycles. The Balaban J connectivity index is 3.36. The number of nitrogens with zero attached hydrogens (tertiary/aromatic N) is 2. The summed E-state index contributed by atoms with van der Waals surface area (Å²) in [5.74, 6) is 0.424. The first-order chi connectivity index (χ1) is 7.10. The molecule has 0 N–H and O–H groups in total. The van der Waals surface area contributed by atoms with Gasteiger partial charge in [-0.15, -0.1) is 0 Å².